The van der Waals surface area contributed by atoms with Crippen LogP contribution in [0.25, 0.3) is 0 Å². The third-order valence-corrected chi connectivity index (χ3v) is 5.89. The van der Waals surface area contributed by atoms with E-state index in [1.165, 1.54) is 12.6 Å². The van der Waals surface area contributed by atoms with Crippen molar-refractivity contribution >= 4 is 16.0 Å². The van der Waals surface area contributed by atoms with Gasteiger partial charge in [0.05, 0.1) is 25.5 Å². The number of guanidine groups is 1. The van der Waals surface area contributed by atoms with Gasteiger partial charge in [-0.25, -0.2) is 18.1 Å². The van der Waals surface area contributed by atoms with Crippen molar-refractivity contribution in [3.8, 4) is 0 Å². The summed E-state index contributed by atoms with van der Waals surface area (Å²) < 4.78 is 31.7. The van der Waals surface area contributed by atoms with E-state index in [9.17, 15) is 8.42 Å². The molecule has 0 heterocycles. The molecule has 2 rings (SSSR count). The molecule has 0 amide bonds. The predicted octanol–water partition coefficient (Wildman–Crippen LogP) is 2.64. The number of nitrogens with zero attached hydrogens (tertiary/aromatic N) is 1. The molecule has 31 heavy (non-hydrogen) atoms. The molecule has 1 unspecified atom stereocenters. The van der Waals surface area contributed by atoms with Crippen LogP contribution in [0.4, 0.5) is 0 Å². The Hall–Kier alpha value is -2.42. The molecule has 0 bridgehead atoms. The first-order valence-electron chi connectivity index (χ1n) is 10.5. The highest BCUT2D eigenvalue weighted by atomic mass is 32.2. The number of hydrogen-bond donors (Lipinski definition) is 3. The maximum Gasteiger partial charge on any atom is 0.215 e. The van der Waals surface area contributed by atoms with E-state index in [0.29, 0.717) is 25.7 Å². The van der Waals surface area contributed by atoms with Crippen LogP contribution in [0.2, 0.25) is 0 Å². The predicted molar refractivity (Wildman–Crippen MR) is 126 cm³/mol. The van der Waals surface area contributed by atoms with Crippen molar-refractivity contribution in [3.63, 3.8) is 0 Å². The summed E-state index contributed by atoms with van der Waals surface area (Å²) in [5, 5.41) is 6.60. The van der Waals surface area contributed by atoms with E-state index < -0.39 is 10.0 Å². The molecule has 0 aliphatic carbocycles. The lowest BCUT2D eigenvalue weighted by Crippen LogP contribution is -2.40. The first kappa shape index (κ1) is 24.8. The molecule has 0 aromatic heterocycles. The Bertz CT molecular complexity index is 917. The Morgan fingerprint density at radius 1 is 1.03 bits per heavy atom. The average Bonchev–Trinajstić information content (AvgIpc) is 2.76. The van der Waals surface area contributed by atoms with Crippen LogP contribution in [0, 0.1) is 5.92 Å². The smallest absolute Gasteiger partial charge is 0.215 e. The van der Waals surface area contributed by atoms with Crippen LogP contribution in [0.15, 0.2) is 59.6 Å². The van der Waals surface area contributed by atoms with Crippen molar-refractivity contribution in [2.75, 3.05) is 26.7 Å². The number of hydrogen-bond acceptors (Lipinski definition) is 4. The molecule has 0 aliphatic heterocycles. The van der Waals surface area contributed by atoms with Crippen LogP contribution in [0.1, 0.15) is 30.5 Å². The summed E-state index contributed by atoms with van der Waals surface area (Å²) in [4.78, 5) is 4.63. The first-order valence-corrected chi connectivity index (χ1v) is 12.2. The Kier molecular flexibility index (Phi) is 10.5. The molecule has 170 valence electrons. The van der Waals surface area contributed by atoms with Gasteiger partial charge in [0.15, 0.2) is 5.96 Å². The molecule has 0 spiro atoms. The number of nitrogens with one attached hydrogen (secondary N) is 3. The van der Waals surface area contributed by atoms with Gasteiger partial charge < -0.3 is 15.4 Å². The van der Waals surface area contributed by atoms with E-state index >= 15 is 0 Å². The van der Waals surface area contributed by atoms with Gasteiger partial charge in [-0.1, -0.05) is 61.5 Å². The molecule has 0 saturated carbocycles. The van der Waals surface area contributed by atoms with Crippen LogP contribution in [-0.2, 0) is 33.7 Å². The van der Waals surface area contributed by atoms with Gasteiger partial charge >= 0.3 is 0 Å². The highest BCUT2D eigenvalue weighted by molar-refractivity contribution is 7.88. The maximum atomic E-state index is 11.8. The SMILES string of the molecule is CCNC(=NCc1cccc(CS(=O)(=O)NC)c1)NCC(C)COCc1ccccc1. The summed E-state index contributed by atoms with van der Waals surface area (Å²) >= 11 is 0. The second-order valence-electron chi connectivity index (χ2n) is 7.47. The van der Waals surface area contributed by atoms with Crippen LogP contribution >= 0.6 is 0 Å². The van der Waals surface area contributed by atoms with Crippen LogP contribution in [-0.4, -0.2) is 41.1 Å². The number of benzene rings is 2. The van der Waals surface area contributed by atoms with Gasteiger partial charge in [-0.15, -0.1) is 0 Å². The molecule has 0 fully saturated rings. The number of sulfonamides is 1. The van der Waals surface area contributed by atoms with Gasteiger partial charge in [0.1, 0.15) is 0 Å². The zero-order valence-electron chi connectivity index (χ0n) is 18.6. The minimum atomic E-state index is -3.30. The Morgan fingerprint density at radius 3 is 2.45 bits per heavy atom. The molecule has 1 atom stereocenters. The average molecular weight is 447 g/mol. The number of aliphatic imine (C=N–C) groups is 1. The van der Waals surface area contributed by atoms with Crippen LogP contribution in [0.3, 0.4) is 0 Å². The van der Waals surface area contributed by atoms with Crippen molar-refractivity contribution in [1.82, 2.24) is 15.4 Å². The van der Waals surface area contributed by atoms with Crippen molar-refractivity contribution < 1.29 is 13.2 Å². The summed E-state index contributed by atoms with van der Waals surface area (Å²) in [5.74, 6) is 1.01. The van der Waals surface area contributed by atoms with Crippen LogP contribution in [0.5, 0.6) is 0 Å². The van der Waals surface area contributed by atoms with Gasteiger partial charge in [-0.2, -0.15) is 0 Å². The summed E-state index contributed by atoms with van der Waals surface area (Å²) in [5.41, 5.74) is 2.87. The zero-order chi connectivity index (χ0) is 22.5. The van der Waals surface area contributed by atoms with E-state index in [1.807, 2.05) is 49.4 Å². The third-order valence-electron chi connectivity index (χ3n) is 4.55. The highest BCUT2D eigenvalue weighted by Gasteiger charge is 2.09. The number of rotatable bonds is 12. The standard InChI is InChI=1S/C23H34N4O3S/c1-4-25-23(26-14-19(2)16-30-17-20-9-6-5-7-10-20)27-15-21-11-8-12-22(13-21)18-31(28,29)24-3/h5-13,19,24H,4,14-18H2,1-3H3,(H2,25,26,27). The minimum absolute atomic E-state index is 0.0418. The normalized spacial score (nSPS) is 13.1. The molecule has 0 saturated heterocycles. The van der Waals surface area contributed by atoms with Gasteiger partial charge in [0.2, 0.25) is 10.0 Å². The Balaban J connectivity index is 1.84. The van der Waals surface area contributed by atoms with Gasteiger partial charge in [-0.3, -0.25) is 0 Å². The molecule has 7 nitrogen and oxygen atoms in total. The first-order chi connectivity index (χ1) is 14.9. The number of ether oxygens (including phenoxy) is 1. The van der Waals surface area contributed by atoms with Gasteiger partial charge in [0, 0.05) is 13.1 Å². The quantitative estimate of drug-likeness (QED) is 0.344. The topological polar surface area (TPSA) is 91.8 Å². The minimum Gasteiger partial charge on any atom is -0.376 e. The third kappa shape index (κ3) is 9.95. The van der Waals surface area contributed by atoms with E-state index in [1.54, 1.807) is 0 Å². The zero-order valence-corrected chi connectivity index (χ0v) is 19.4. The monoisotopic (exact) mass is 446 g/mol. The summed E-state index contributed by atoms with van der Waals surface area (Å²) in [6, 6.07) is 17.6. The second kappa shape index (κ2) is 13.1. The van der Waals surface area contributed by atoms with Gasteiger partial charge in [0.25, 0.3) is 0 Å². The van der Waals surface area contributed by atoms with Crippen molar-refractivity contribution in [3.05, 3.63) is 71.3 Å². The van der Waals surface area contributed by atoms with E-state index in [0.717, 1.165) is 30.2 Å². The lowest BCUT2D eigenvalue weighted by molar-refractivity contribution is 0.0931. The molecule has 0 radical (unpaired) electrons. The molecule has 3 N–H and O–H groups in total. The fourth-order valence-electron chi connectivity index (χ4n) is 2.90. The molecule has 0 aliphatic rings. The van der Waals surface area contributed by atoms with E-state index in [4.69, 9.17) is 4.74 Å². The van der Waals surface area contributed by atoms with Crippen LogP contribution < -0.4 is 15.4 Å². The molecular weight excluding hydrogens is 412 g/mol. The second-order valence-corrected chi connectivity index (χ2v) is 9.39. The maximum absolute atomic E-state index is 11.8. The molecule has 2 aromatic carbocycles. The van der Waals surface area contributed by atoms with E-state index in [-0.39, 0.29) is 5.75 Å². The Labute approximate surface area is 186 Å². The largest absolute Gasteiger partial charge is 0.376 e. The summed E-state index contributed by atoms with van der Waals surface area (Å²) in [6.07, 6.45) is 0. The van der Waals surface area contributed by atoms with Crippen molar-refractivity contribution in [1.29, 1.82) is 0 Å². The highest BCUT2D eigenvalue weighted by Crippen LogP contribution is 2.10. The van der Waals surface area contributed by atoms with E-state index in [2.05, 4.69) is 39.4 Å². The fourth-order valence-corrected chi connectivity index (χ4v) is 3.67. The lowest BCUT2D eigenvalue weighted by Gasteiger charge is -2.16. The summed E-state index contributed by atoms with van der Waals surface area (Å²) in [7, 11) is -1.87. The lowest BCUT2D eigenvalue weighted by atomic mass is 10.1. The molecule has 2 aromatic rings. The molecular formula is C23H34N4O3S. The Morgan fingerprint density at radius 2 is 1.74 bits per heavy atom. The molecule has 8 heteroatoms. The van der Waals surface area contributed by atoms with Crippen molar-refractivity contribution in [2.45, 2.75) is 32.8 Å². The van der Waals surface area contributed by atoms with Gasteiger partial charge in [-0.05, 0) is 36.6 Å². The fraction of sp³-hybridized carbons (Fsp3) is 0.435. The summed E-state index contributed by atoms with van der Waals surface area (Å²) in [6.45, 7) is 7.37. The van der Waals surface area contributed by atoms with Crippen molar-refractivity contribution in [2.24, 2.45) is 10.9 Å².